The van der Waals surface area contributed by atoms with Crippen LogP contribution in [0.2, 0.25) is 0 Å². The summed E-state index contributed by atoms with van der Waals surface area (Å²) in [7, 11) is 1.67. The van der Waals surface area contributed by atoms with Crippen LogP contribution in [0.4, 0.5) is 0 Å². The molecule has 0 saturated heterocycles. The Morgan fingerprint density at radius 3 is 2.86 bits per heavy atom. The summed E-state index contributed by atoms with van der Waals surface area (Å²) in [6, 6.07) is 6.21. The second-order valence-electron chi connectivity index (χ2n) is 4.58. The molecule has 0 fully saturated rings. The highest BCUT2D eigenvalue weighted by molar-refractivity contribution is 7.79. The number of benzene rings is 1. The van der Waals surface area contributed by atoms with Gasteiger partial charge >= 0.3 is 0 Å². The van der Waals surface area contributed by atoms with Gasteiger partial charge in [-0.05, 0) is 30.1 Å². The van der Waals surface area contributed by atoms with E-state index in [1.54, 1.807) is 26.1 Å². The van der Waals surface area contributed by atoms with Crippen LogP contribution < -0.4 is 5.56 Å². The molecule has 0 aliphatic carbocycles. The summed E-state index contributed by atoms with van der Waals surface area (Å²) < 4.78 is 23.5. The van der Waals surface area contributed by atoms with Crippen LogP contribution in [0.3, 0.4) is 0 Å². The Bertz CT molecular complexity index is 929. The molecular formula is C13H11N4O3S-. The summed E-state index contributed by atoms with van der Waals surface area (Å²) in [5.74, 6) is 0.316. The van der Waals surface area contributed by atoms with Crippen molar-refractivity contribution in [1.82, 2.24) is 19.7 Å². The molecule has 3 rings (SSSR count). The minimum atomic E-state index is -2.33. The maximum Gasteiger partial charge on any atom is 0.277 e. The van der Waals surface area contributed by atoms with Crippen molar-refractivity contribution in [1.29, 1.82) is 0 Å². The molecule has 108 valence electrons. The number of hydrogen-bond donors (Lipinski definition) is 1. The highest BCUT2D eigenvalue weighted by Crippen LogP contribution is 2.20. The van der Waals surface area contributed by atoms with Crippen LogP contribution >= 0.6 is 0 Å². The molecule has 0 amide bonds. The summed E-state index contributed by atoms with van der Waals surface area (Å²) in [4.78, 5) is 19.3. The quantitative estimate of drug-likeness (QED) is 0.707. The van der Waals surface area contributed by atoms with Crippen molar-refractivity contribution in [2.24, 2.45) is 7.05 Å². The smallest absolute Gasteiger partial charge is 0.277 e. The van der Waals surface area contributed by atoms with Crippen LogP contribution in [0.15, 0.2) is 34.0 Å². The standard InChI is InChI=1S/C13H12N4O3S/c1-7-10-11(17(2)16-7)13(18)15-12(14-10)8-4-3-5-9(6-8)21(19)20/h3-6H,1-2H3,(H,19,20)(H,14,15,18)/p-1. The third kappa shape index (κ3) is 2.28. The topological polar surface area (TPSA) is 104 Å². The van der Waals surface area contributed by atoms with Crippen LogP contribution in [-0.4, -0.2) is 28.5 Å². The zero-order valence-corrected chi connectivity index (χ0v) is 12.1. The predicted molar refractivity (Wildman–Crippen MR) is 76.5 cm³/mol. The number of nitrogens with one attached hydrogen (secondary N) is 1. The van der Waals surface area contributed by atoms with Gasteiger partial charge in [0.05, 0.1) is 5.69 Å². The molecule has 1 atom stereocenters. The van der Waals surface area contributed by atoms with E-state index in [4.69, 9.17) is 0 Å². The fourth-order valence-electron chi connectivity index (χ4n) is 2.23. The zero-order chi connectivity index (χ0) is 15.1. The predicted octanol–water partition coefficient (Wildman–Crippen LogP) is 0.870. The maximum atomic E-state index is 12.1. The van der Waals surface area contributed by atoms with Gasteiger partial charge in [-0.2, -0.15) is 5.10 Å². The maximum absolute atomic E-state index is 12.1. The summed E-state index contributed by atoms with van der Waals surface area (Å²) in [5.41, 5.74) is 1.75. The molecule has 8 heteroatoms. The molecule has 0 radical (unpaired) electrons. The molecule has 0 bridgehead atoms. The Morgan fingerprint density at radius 1 is 1.38 bits per heavy atom. The Hall–Kier alpha value is -2.32. The van der Waals surface area contributed by atoms with E-state index in [1.165, 1.54) is 16.8 Å². The molecule has 2 heterocycles. The van der Waals surface area contributed by atoms with Crippen molar-refractivity contribution < 1.29 is 8.76 Å². The summed E-state index contributed by atoms with van der Waals surface area (Å²) >= 11 is -2.33. The lowest BCUT2D eigenvalue weighted by molar-refractivity contribution is 0.537. The molecule has 21 heavy (non-hydrogen) atoms. The van der Waals surface area contributed by atoms with Gasteiger partial charge in [-0.15, -0.1) is 0 Å². The van der Waals surface area contributed by atoms with Gasteiger partial charge in [0.2, 0.25) is 0 Å². The molecule has 2 aromatic heterocycles. The van der Waals surface area contributed by atoms with Crippen LogP contribution in [0.5, 0.6) is 0 Å². The van der Waals surface area contributed by atoms with Crippen LogP contribution in [0.25, 0.3) is 22.4 Å². The average molecular weight is 303 g/mol. The van der Waals surface area contributed by atoms with E-state index in [-0.39, 0.29) is 10.5 Å². The second-order valence-corrected chi connectivity index (χ2v) is 5.52. The molecule has 0 aliphatic rings. The number of aromatic nitrogens is 4. The summed E-state index contributed by atoms with van der Waals surface area (Å²) in [6.45, 7) is 1.77. The van der Waals surface area contributed by atoms with Gasteiger partial charge in [-0.1, -0.05) is 12.1 Å². The number of rotatable bonds is 2. The first kappa shape index (κ1) is 13.7. The zero-order valence-electron chi connectivity index (χ0n) is 11.3. The van der Waals surface area contributed by atoms with Crippen molar-refractivity contribution in [3.05, 3.63) is 40.3 Å². The first-order valence-corrected chi connectivity index (χ1v) is 7.18. The van der Waals surface area contributed by atoms with Crippen molar-refractivity contribution >= 4 is 22.1 Å². The molecular weight excluding hydrogens is 292 g/mol. The van der Waals surface area contributed by atoms with Gasteiger partial charge in [-0.25, -0.2) is 4.98 Å². The molecule has 3 aromatic rings. The van der Waals surface area contributed by atoms with Gasteiger partial charge in [0.25, 0.3) is 5.56 Å². The van der Waals surface area contributed by atoms with Crippen LogP contribution in [-0.2, 0) is 18.1 Å². The first-order chi connectivity index (χ1) is 9.97. The lowest BCUT2D eigenvalue weighted by atomic mass is 10.2. The fourth-order valence-corrected chi connectivity index (χ4v) is 2.64. The van der Waals surface area contributed by atoms with E-state index >= 15 is 0 Å². The van der Waals surface area contributed by atoms with Gasteiger partial charge in [-0.3, -0.25) is 13.7 Å². The fraction of sp³-hybridized carbons (Fsp3) is 0.154. The number of aryl methyl sites for hydroxylation is 2. The van der Waals surface area contributed by atoms with Crippen LogP contribution in [0.1, 0.15) is 5.69 Å². The van der Waals surface area contributed by atoms with Crippen molar-refractivity contribution in [3.8, 4) is 11.4 Å². The summed E-state index contributed by atoms with van der Waals surface area (Å²) in [5, 5.41) is 4.17. The Kier molecular flexibility index (Phi) is 3.19. The van der Waals surface area contributed by atoms with Gasteiger partial charge < -0.3 is 9.54 Å². The third-order valence-electron chi connectivity index (χ3n) is 3.16. The van der Waals surface area contributed by atoms with Gasteiger partial charge in [0, 0.05) is 17.5 Å². The normalized spacial score (nSPS) is 12.7. The molecule has 1 N–H and O–H groups in total. The molecule has 1 unspecified atom stereocenters. The number of hydrogen-bond acceptors (Lipinski definition) is 5. The average Bonchev–Trinajstić information content (AvgIpc) is 2.74. The van der Waals surface area contributed by atoms with Gasteiger partial charge in [0.1, 0.15) is 11.3 Å². The van der Waals surface area contributed by atoms with Crippen LogP contribution in [0, 0.1) is 6.92 Å². The summed E-state index contributed by atoms with van der Waals surface area (Å²) in [6.07, 6.45) is 0. The van der Waals surface area contributed by atoms with E-state index in [0.717, 1.165) is 0 Å². The molecule has 0 spiro atoms. The van der Waals surface area contributed by atoms with E-state index < -0.39 is 11.1 Å². The number of fused-ring (bicyclic) bond motifs is 1. The highest BCUT2D eigenvalue weighted by Gasteiger charge is 2.13. The SMILES string of the molecule is Cc1nn(C)c2c(=O)[nH]c(-c3cccc(S(=O)[O-])c3)nc12. The Labute approximate surface area is 121 Å². The lowest BCUT2D eigenvalue weighted by Gasteiger charge is -2.07. The largest absolute Gasteiger partial charge is 0.768 e. The van der Waals surface area contributed by atoms with Crippen molar-refractivity contribution in [2.45, 2.75) is 11.8 Å². The lowest BCUT2D eigenvalue weighted by Crippen LogP contribution is -2.12. The van der Waals surface area contributed by atoms with E-state index in [9.17, 15) is 13.6 Å². The first-order valence-electron chi connectivity index (χ1n) is 6.10. The van der Waals surface area contributed by atoms with E-state index in [0.29, 0.717) is 28.1 Å². The van der Waals surface area contributed by atoms with E-state index in [2.05, 4.69) is 15.1 Å². The van der Waals surface area contributed by atoms with Gasteiger partial charge in [0.15, 0.2) is 5.52 Å². The molecule has 7 nitrogen and oxygen atoms in total. The monoisotopic (exact) mass is 303 g/mol. The van der Waals surface area contributed by atoms with Crippen molar-refractivity contribution in [2.75, 3.05) is 0 Å². The molecule has 1 aromatic carbocycles. The third-order valence-corrected chi connectivity index (χ3v) is 3.80. The minimum absolute atomic E-state index is 0.137. The van der Waals surface area contributed by atoms with E-state index in [1.807, 2.05) is 0 Å². The molecule has 0 aliphatic heterocycles. The van der Waals surface area contributed by atoms with Crippen molar-refractivity contribution in [3.63, 3.8) is 0 Å². The Balaban J connectivity index is 2.26. The number of nitrogens with zero attached hydrogens (tertiary/aromatic N) is 3. The number of H-pyrrole nitrogens is 1. The highest BCUT2D eigenvalue weighted by atomic mass is 32.2. The minimum Gasteiger partial charge on any atom is -0.768 e. The molecule has 0 saturated carbocycles. The Morgan fingerprint density at radius 2 is 2.14 bits per heavy atom. The number of aromatic amines is 1. The second kappa shape index (κ2) is 4.90.